The normalized spacial score (nSPS) is 15.1. The molecular formula is C10H12N2O2S2. The minimum atomic E-state index is -0.562. The van der Waals surface area contributed by atoms with Gasteiger partial charge >= 0.3 is 0 Å². The van der Waals surface area contributed by atoms with E-state index in [0.29, 0.717) is 10.4 Å². The Morgan fingerprint density at radius 3 is 2.44 bits per heavy atom. The van der Waals surface area contributed by atoms with Gasteiger partial charge in [-0.15, -0.1) is 23.1 Å². The Kier molecular flexibility index (Phi) is 2.94. The molecule has 1 saturated carbocycles. The first-order valence-electron chi connectivity index (χ1n) is 4.86. The summed E-state index contributed by atoms with van der Waals surface area (Å²) in [6.45, 7) is 0. The quantitative estimate of drug-likeness (QED) is 0.634. The van der Waals surface area contributed by atoms with Crippen molar-refractivity contribution in [2.75, 3.05) is 12.0 Å². The van der Waals surface area contributed by atoms with Gasteiger partial charge in [0, 0.05) is 5.92 Å². The lowest BCUT2D eigenvalue weighted by Gasteiger charge is -1.98. The number of carbonyl (C=O) groups excluding carboxylic acids is 2. The molecule has 1 aromatic rings. The fourth-order valence-electron chi connectivity index (χ4n) is 1.51. The highest BCUT2D eigenvalue weighted by Crippen LogP contribution is 2.42. The number of amides is 1. The summed E-state index contributed by atoms with van der Waals surface area (Å²) in [4.78, 5) is 23.6. The lowest BCUT2D eigenvalue weighted by molar-refractivity contribution is 0.0972. The number of rotatable bonds is 4. The number of primary amides is 1. The predicted octanol–water partition coefficient (Wildman–Crippen LogP) is 1.74. The molecule has 6 heteroatoms. The van der Waals surface area contributed by atoms with E-state index in [1.165, 1.54) is 23.1 Å². The number of anilines is 1. The van der Waals surface area contributed by atoms with Crippen molar-refractivity contribution in [3.63, 3.8) is 0 Å². The largest absolute Gasteiger partial charge is 0.397 e. The smallest absolute Gasteiger partial charge is 0.252 e. The number of ketones is 1. The Bertz CT molecular complexity index is 464. The van der Waals surface area contributed by atoms with Crippen molar-refractivity contribution in [1.29, 1.82) is 0 Å². The Morgan fingerprint density at radius 2 is 2.06 bits per heavy atom. The van der Waals surface area contributed by atoms with Crippen LogP contribution in [0, 0.1) is 5.92 Å². The van der Waals surface area contributed by atoms with Crippen molar-refractivity contribution >= 4 is 40.5 Å². The van der Waals surface area contributed by atoms with Crippen LogP contribution in [0.15, 0.2) is 4.21 Å². The molecular weight excluding hydrogens is 244 g/mol. The molecule has 1 aromatic heterocycles. The van der Waals surface area contributed by atoms with Crippen LogP contribution < -0.4 is 11.5 Å². The second-order valence-electron chi connectivity index (χ2n) is 3.71. The van der Waals surface area contributed by atoms with Crippen LogP contribution in [-0.4, -0.2) is 17.9 Å². The van der Waals surface area contributed by atoms with Gasteiger partial charge in [-0.1, -0.05) is 0 Å². The number of hydrogen-bond donors (Lipinski definition) is 2. The van der Waals surface area contributed by atoms with Gasteiger partial charge < -0.3 is 11.5 Å². The van der Waals surface area contributed by atoms with E-state index in [2.05, 4.69) is 0 Å². The van der Waals surface area contributed by atoms with E-state index in [4.69, 9.17) is 11.5 Å². The van der Waals surface area contributed by atoms with E-state index in [9.17, 15) is 9.59 Å². The molecule has 0 saturated heterocycles. The molecule has 0 radical (unpaired) electrons. The standard InChI is InChI=1S/C10H12N2O2S2/c1-15-10-5(9(12)14)6(11)8(16-10)7(13)4-2-3-4/h4H,2-3,11H2,1H3,(H2,12,14). The number of Topliss-reactive ketones (excluding diaryl/α,β-unsaturated/α-hetero) is 1. The van der Waals surface area contributed by atoms with Crippen LogP contribution in [0.5, 0.6) is 0 Å². The Morgan fingerprint density at radius 1 is 1.44 bits per heavy atom. The Labute approximate surface area is 101 Å². The number of nitrogens with two attached hydrogens (primary N) is 2. The molecule has 1 heterocycles. The number of hydrogen-bond acceptors (Lipinski definition) is 5. The summed E-state index contributed by atoms with van der Waals surface area (Å²) in [6.07, 6.45) is 3.69. The zero-order chi connectivity index (χ0) is 11.9. The van der Waals surface area contributed by atoms with Gasteiger partial charge in [0.05, 0.1) is 20.3 Å². The summed E-state index contributed by atoms with van der Waals surface area (Å²) in [7, 11) is 0. The predicted molar refractivity (Wildman–Crippen MR) is 66.1 cm³/mol. The minimum Gasteiger partial charge on any atom is -0.397 e. The third-order valence-corrected chi connectivity index (χ3v) is 4.86. The third kappa shape index (κ3) is 1.82. The van der Waals surface area contributed by atoms with E-state index in [-0.39, 0.29) is 17.4 Å². The van der Waals surface area contributed by atoms with Gasteiger partial charge in [0.25, 0.3) is 5.91 Å². The first kappa shape index (κ1) is 11.5. The molecule has 4 nitrogen and oxygen atoms in total. The van der Waals surface area contributed by atoms with Gasteiger partial charge in [-0.25, -0.2) is 0 Å². The summed E-state index contributed by atoms with van der Waals surface area (Å²) < 4.78 is 0.731. The lowest BCUT2D eigenvalue weighted by Crippen LogP contribution is -2.14. The first-order chi connectivity index (χ1) is 7.56. The average Bonchev–Trinajstić information content (AvgIpc) is 3.01. The number of thiophene rings is 1. The Balaban J connectivity index is 2.46. The van der Waals surface area contributed by atoms with Gasteiger partial charge in [-0.05, 0) is 19.1 Å². The van der Waals surface area contributed by atoms with Gasteiger partial charge in [-0.2, -0.15) is 0 Å². The maximum absolute atomic E-state index is 11.9. The van der Waals surface area contributed by atoms with E-state index in [1.54, 1.807) is 0 Å². The van der Waals surface area contributed by atoms with Gasteiger partial charge in [0.1, 0.15) is 0 Å². The molecule has 1 aliphatic carbocycles. The highest BCUT2D eigenvalue weighted by atomic mass is 32.2. The monoisotopic (exact) mass is 256 g/mol. The third-order valence-electron chi connectivity index (χ3n) is 2.52. The van der Waals surface area contributed by atoms with Crippen LogP contribution in [0.3, 0.4) is 0 Å². The highest BCUT2D eigenvalue weighted by molar-refractivity contribution is 8.00. The van der Waals surface area contributed by atoms with Gasteiger partial charge in [-0.3, -0.25) is 9.59 Å². The molecule has 0 unspecified atom stereocenters. The van der Waals surface area contributed by atoms with Crippen molar-refractivity contribution in [2.24, 2.45) is 11.7 Å². The van der Waals surface area contributed by atoms with Crippen LogP contribution in [0.1, 0.15) is 32.9 Å². The molecule has 1 aliphatic rings. The molecule has 16 heavy (non-hydrogen) atoms. The molecule has 86 valence electrons. The maximum atomic E-state index is 11.9. The molecule has 2 rings (SSSR count). The van der Waals surface area contributed by atoms with Crippen molar-refractivity contribution in [1.82, 2.24) is 0 Å². The summed E-state index contributed by atoms with van der Waals surface area (Å²) in [5.74, 6) is -0.394. The summed E-state index contributed by atoms with van der Waals surface area (Å²) in [6, 6.07) is 0. The zero-order valence-electron chi connectivity index (χ0n) is 8.78. The van der Waals surface area contributed by atoms with E-state index < -0.39 is 5.91 Å². The molecule has 0 aliphatic heterocycles. The fourth-order valence-corrected chi connectivity index (χ4v) is 3.49. The molecule has 0 aromatic carbocycles. The number of thioether (sulfide) groups is 1. The molecule has 0 atom stereocenters. The molecule has 4 N–H and O–H groups in total. The molecule has 0 bridgehead atoms. The zero-order valence-corrected chi connectivity index (χ0v) is 10.4. The number of carbonyl (C=O) groups is 2. The maximum Gasteiger partial charge on any atom is 0.252 e. The topological polar surface area (TPSA) is 86.2 Å². The van der Waals surface area contributed by atoms with Crippen molar-refractivity contribution in [3.05, 3.63) is 10.4 Å². The first-order valence-corrected chi connectivity index (χ1v) is 6.90. The van der Waals surface area contributed by atoms with Gasteiger partial charge in [0.2, 0.25) is 0 Å². The van der Waals surface area contributed by atoms with Crippen LogP contribution >= 0.6 is 23.1 Å². The van der Waals surface area contributed by atoms with Crippen molar-refractivity contribution < 1.29 is 9.59 Å². The highest BCUT2D eigenvalue weighted by Gasteiger charge is 2.34. The average molecular weight is 256 g/mol. The van der Waals surface area contributed by atoms with Crippen LogP contribution in [0.4, 0.5) is 5.69 Å². The van der Waals surface area contributed by atoms with Crippen LogP contribution in [-0.2, 0) is 0 Å². The SMILES string of the molecule is CSc1sc(C(=O)C2CC2)c(N)c1C(N)=O. The van der Waals surface area contributed by atoms with Crippen LogP contribution in [0.25, 0.3) is 0 Å². The molecule has 1 fully saturated rings. The second-order valence-corrected chi connectivity index (χ2v) is 5.81. The molecule has 0 spiro atoms. The fraction of sp³-hybridized carbons (Fsp3) is 0.400. The molecule has 1 amide bonds. The van der Waals surface area contributed by atoms with E-state index >= 15 is 0 Å². The summed E-state index contributed by atoms with van der Waals surface area (Å²) in [5.41, 5.74) is 11.7. The lowest BCUT2D eigenvalue weighted by atomic mass is 10.1. The van der Waals surface area contributed by atoms with E-state index in [1.807, 2.05) is 6.26 Å². The second kappa shape index (κ2) is 4.10. The van der Waals surface area contributed by atoms with Crippen molar-refractivity contribution in [2.45, 2.75) is 17.1 Å². The Hall–Kier alpha value is -1.01. The van der Waals surface area contributed by atoms with Crippen molar-refractivity contribution in [3.8, 4) is 0 Å². The van der Waals surface area contributed by atoms with Crippen LogP contribution in [0.2, 0.25) is 0 Å². The minimum absolute atomic E-state index is 0.0605. The number of nitrogen functional groups attached to an aromatic ring is 1. The summed E-state index contributed by atoms with van der Waals surface area (Å²) in [5, 5.41) is 0. The summed E-state index contributed by atoms with van der Waals surface area (Å²) >= 11 is 2.67. The van der Waals surface area contributed by atoms with Gasteiger partial charge in [0.15, 0.2) is 5.78 Å². The van der Waals surface area contributed by atoms with E-state index in [0.717, 1.165) is 17.1 Å².